The van der Waals surface area contributed by atoms with E-state index in [9.17, 15) is 0 Å². The Balaban J connectivity index is 1.46. The Kier molecular flexibility index (Phi) is 5.44. The summed E-state index contributed by atoms with van der Waals surface area (Å²) in [6, 6.07) is 0. The Morgan fingerprint density at radius 2 is 1.45 bits per heavy atom. The molecule has 2 saturated carbocycles. The largest absolute Gasteiger partial charge is 0.301 e. The molecular weight excluding hydrogens is 312 g/mol. The molecule has 0 bridgehead atoms. The van der Waals surface area contributed by atoms with E-state index in [4.69, 9.17) is 0 Å². The fourth-order valence-electron chi connectivity index (χ4n) is 4.08. The lowest BCUT2D eigenvalue weighted by Crippen LogP contribution is -2.50. The Hall–Kier alpha value is 0.400. The maximum atomic E-state index is 3.85. The summed E-state index contributed by atoms with van der Waals surface area (Å²) >= 11 is 3.85. The summed E-state index contributed by atoms with van der Waals surface area (Å²) in [5, 5.41) is 1.21. The third-order valence-corrected chi connectivity index (χ3v) is 6.87. The van der Waals surface area contributed by atoms with Crippen molar-refractivity contribution >= 4 is 15.9 Å². The van der Waals surface area contributed by atoms with Crippen molar-refractivity contribution in [3.05, 3.63) is 0 Å². The fourth-order valence-corrected chi connectivity index (χ4v) is 4.82. The molecular formula is C17H31BrN2. The van der Waals surface area contributed by atoms with Crippen molar-refractivity contribution in [3.8, 4) is 0 Å². The standard InChI is InChI=1S/C17H31BrN2/c18-14-17(7-3-1-2-4-8-17)15-20-11-9-19(10-12-20)13-16-5-6-16/h16H,1-15H2. The molecule has 0 aromatic carbocycles. The molecule has 3 fully saturated rings. The van der Waals surface area contributed by atoms with E-state index in [1.54, 1.807) is 0 Å². The number of rotatable bonds is 5. The molecule has 0 N–H and O–H groups in total. The van der Waals surface area contributed by atoms with Gasteiger partial charge >= 0.3 is 0 Å². The number of alkyl halides is 1. The molecule has 116 valence electrons. The lowest BCUT2D eigenvalue weighted by molar-refractivity contribution is 0.0840. The molecule has 1 aliphatic heterocycles. The van der Waals surface area contributed by atoms with Crippen molar-refractivity contribution < 1.29 is 0 Å². The molecule has 0 aromatic rings. The summed E-state index contributed by atoms with van der Waals surface area (Å²) in [7, 11) is 0. The summed E-state index contributed by atoms with van der Waals surface area (Å²) in [5.74, 6) is 1.05. The van der Waals surface area contributed by atoms with Gasteiger partial charge in [0, 0.05) is 44.6 Å². The molecule has 20 heavy (non-hydrogen) atoms. The molecule has 0 unspecified atom stereocenters. The minimum absolute atomic E-state index is 0.579. The quantitative estimate of drug-likeness (QED) is 0.554. The van der Waals surface area contributed by atoms with E-state index in [0.717, 1.165) is 5.92 Å². The smallest absolute Gasteiger partial charge is 0.0110 e. The third-order valence-electron chi connectivity index (χ3n) is 5.68. The molecule has 2 aliphatic carbocycles. The minimum atomic E-state index is 0.579. The Morgan fingerprint density at radius 1 is 0.850 bits per heavy atom. The van der Waals surface area contributed by atoms with Crippen LogP contribution in [0.1, 0.15) is 51.4 Å². The van der Waals surface area contributed by atoms with Gasteiger partial charge in [-0.25, -0.2) is 0 Å². The van der Waals surface area contributed by atoms with Crippen molar-refractivity contribution in [2.45, 2.75) is 51.4 Å². The van der Waals surface area contributed by atoms with Crippen LogP contribution >= 0.6 is 15.9 Å². The summed E-state index contributed by atoms with van der Waals surface area (Å²) in [6.07, 6.45) is 11.7. The summed E-state index contributed by atoms with van der Waals surface area (Å²) in [4.78, 5) is 5.47. The molecule has 3 heteroatoms. The zero-order valence-electron chi connectivity index (χ0n) is 13.0. The average Bonchev–Trinajstić information content (AvgIpc) is 3.29. The average molecular weight is 343 g/mol. The Labute approximate surface area is 133 Å². The number of hydrogen-bond donors (Lipinski definition) is 0. The summed E-state index contributed by atoms with van der Waals surface area (Å²) in [6.45, 7) is 7.97. The van der Waals surface area contributed by atoms with Crippen molar-refractivity contribution in [3.63, 3.8) is 0 Å². The highest BCUT2D eigenvalue weighted by Gasteiger charge is 2.33. The molecule has 2 nitrogen and oxygen atoms in total. The van der Waals surface area contributed by atoms with E-state index >= 15 is 0 Å². The molecule has 1 saturated heterocycles. The van der Waals surface area contributed by atoms with E-state index in [0.29, 0.717) is 5.41 Å². The maximum Gasteiger partial charge on any atom is 0.0110 e. The highest BCUT2D eigenvalue weighted by Crippen LogP contribution is 2.37. The minimum Gasteiger partial charge on any atom is -0.301 e. The monoisotopic (exact) mass is 342 g/mol. The molecule has 3 rings (SSSR count). The second-order valence-electron chi connectivity index (χ2n) is 7.57. The van der Waals surface area contributed by atoms with E-state index < -0.39 is 0 Å². The lowest BCUT2D eigenvalue weighted by atomic mass is 9.82. The first-order valence-corrected chi connectivity index (χ1v) is 9.93. The molecule has 0 amide bonds. The third kappa shape index (κ3) is 4.20. The number of piperazine rings is 1. The van der Waals surface area contributed by atoms with Gasteiger partial charge in [-0.2, -0.15) is 0 Å². The van der Waals surface area contributed by atoms with Crippen molar-refractivity contribution in [2.24, 2.45) is 11.3 Å². The van der Waals surface area contributed by atoms with Crippen LogP contribution in [0.5, 0.6) is 0 Å². The van der Waals surface area contributed by atoms with Gasteiger partial charge in [-0.15, -0.1) is 0 Å². The van der Waals surface area contributed by atoms with Crippen LogP contribution in [0.15, 0.2) is 0 Å². The summed E-state index contributed by atoms with van der Waals surface area (Å²) < 4.78 is 0. The van der Waals surface area contributed by atoms with Crippen LogP contribution in [0.4, 0.5) is 0 Å². The second kappa shape index (κ2) is 7.11. The zero-order valence-corrected chi connectivity index (χ0v) is 14.5. The molecule has 0 aromatic heterocycles. The predicted molar refractivity (Wildman–Crippen MR) is 89.5 cm³/mol. The van der Waals surface area contributed by atoms with Gasteiger partial charge < -0.3 is 9.80 Å². The van der Waals surface area contributed by atoms with Crippen LogP contribution in [0, 0.1) is 11.3 Å². The zero-order chi connectivity index (χ0) is 13.8. The molecule has 3 aliphatic rings. The van der Waals surface area contributed by atoms with Gasteiger partial charge in [0.25, 0.3) is 0 Å². The summed E-state index contributed by atoms with van der Waals surface area (Å²) in [5.41, 5.74) is 0.579. The topological polar surface area (TPSA) is 6.48 Å². The fraction of sp³-hybridized carbons (Fsp3) is 1.00. The maximum absolute atomic E-state index is 3.85. The molecule has 0 radical (unpaired) electrons. The van der Waals surface area contributed by atoms with Crippen molar-refractivity contribution in [2.75, 3.05) is 44.6 Å². The highest BCUT2D eigenvalue weighted by molar-refractivity contribution is 9.09. The lowest BCUT2D eigenvalue weighted by Gasteiger charge is -2.41. The van der Waals surface area contributed by atoms with Crippen LogP contribution in [0.2, 0.25) is 0 Å². The van der Waals surface area contributed by atoms with Gasteiger partial charge in [-0.3, -0.25) is 0 Å². The molecule has 1 heterocycles. The van der Waals surface area contributed by atoms with Gasteiger partial charge in [-0.05, 0) is 37.0 Å². The van der Waals surface area contributed by atoms with E-state index in [2.05, 4.69) is 25.7 Å². The number of hydrogen-bond acceptors (Lipinski definition) is 2. The van der Waals surface area contributed by atoms with Crippen LogP contribution in [0.3, 0.4) is 0 Å². The highest BCUT2D eigenvalue weighted by atomic mass is 79.9. The Morgan fingerprint density at radius 3 is 2.00 bits per heavy atom. The van der Waals surface area contributed by atoms with Gasteiger partial charge in [-0.1, -0.05) is 41.6 Å². The first kappa shape index (κ1) is 15.3. The van der Waals surface area contributed by atoms with Gasteiger partial charge in [0.05, 0.1) is 0 Å². The van der Waals surface area contributed by atoms with Gasteiger partial charge in [0.15, 0.2) is 0 Å². The first-order chi connectivity index (χ1) is 9.80. The number of nitrogens with zero attached hydrogens (tertiary/aromatic N) is 2. The van der Waals surface area contributed by atoms with Crippen molar-refractivity contribution in [1.82, 2.24) is 9.80 Å². The number of halogens is 1. The van der Waals surface area contributed by atoms with E-state index in [-0.39, 0.29) is 0 Å². The Bertz CT molecular complexity index is 287. The van der Waals surface area contributed by atoms with Crippen LogP contribution in [0.25, 0.3) is 0 Å². The molecule has 0 atom stereocenters. The first-order valence-electron chi connectivity index (χ1n) is 8.80. The van der Waals surface area contributed by atoms with Crippen molar-refractivity contribution in [1.29, 1.82) is 0 Å². The predicted octanol–water partition coefficient (Wildman–Crippen LogP) is 3.75. The van der Waals surface area contributed by atoms with Crippen LogP contribution in [-0.4, -0.2) is 54.4 Å². The molecule has 0 spiro atoms. The SMILES string of the molecule is BrCC1(CN2CCN(CC3CC3)CC2)CCCCCC1. The van der Waals surface area contributed by atoms with Gasteiger partial charge in [0.2, 0.25) is 0 Å². The van der Waals surface area contributed by atoms with E-state index in [1.807, 2.05) is 0 Å². The van der Waals surface area contributed by atoms with Crippen LogP contribution < -0.4 is 0 Å². The second-order valence-corrected chi connectivity index (χ2v) is 8.13. The van der Waals surface area contributed by atoms with E-state index in [1.165, 1.54) is 96.0 Å². The normalized spacial score (nSPS) is 29.2. The van der Waals surface area contributed by atoms with Crippen LogP contribution in [-0.2, 0) is 0 Å². The van der Waals surface area contributed by atoms with Gasteiger partial charge in [0.1, 0.15) is 0 Å².